The molecule has 0 radical (unpaired) electrons. The Labute approximate surface area is 164 Å². The van der Waals surface area contributed by atoms with Crippen LogP contribution < -0.4 is 5.32 Å². The van der Waals surface area contributed by atoms with E-state index in [4.69, 9.17) is 26.4 Å². The fourth-order valence-electron chi connectivity index (χ4n) is 3.10. The molecule has 0 fully saturated rings. The van der Waals surface area contributed by atoms with Gasteiger partial charge in [-0.15, -0.1) is 0 Å². The normalized spacial score (nSPS) is 18.3. The van der Waals surface area contributed by atoms with Crippen molar-refractivity contribution in [3.63, 3.8) is 0 Å². The summed E-state index contributed by atoms with van der Waals surface area (Å²) in [7, 11) is 3.13. The molecule has 0 unspecified atom stereocenters. The summed E-state index contributed by atoms with van der Waals surface area (Å²) in [6, 6.07) is 5.38. The fourth-order valence-corrected chi connectivity index (χ4v) is 3.53. The lowest BCUT2D eigenvalue weighted by Gasteiger charge is -2.40. The molecule has 0 saturated heterocycles. The van der Waals surface area contributed by atoms with E-state index in [0.717, 1.165) is 0 Å². The first-order valence-electron chi connectivity index (χ1n) is 8.61. The molecule has 0 spiro atoms. The minimum absolute atomic E-state index is 0.0924. The lowest BCUT2D eigenvalue weighted by atomic mass is 9.94. The molecule has 1 N–H and O–H groups in total. The fraction of sp³-hybridized carbons (Fsp3) is 0.474. The highest BCUT2D eigenvalue weighted by molar-refractivity contribution is 7.80. The quantitative estimate of drug-likeness (QED) is 0.412. The number of ether oxygens (including phenoxy) is 3. The van der Waals surface area contributed by atoms with E-state index >= 15 is 0 Å². The molecule has 0 aliphatic carbocycles. The molecule has 1 aromatic carbocycles. The second-order valence-electron chi connectivity index (χ2n) is 6.24. The standard InChI is InChI=1S/C19H25FN2O4S/c1-12(11-25-4)22-13(2)16(18(23)26-9-8-24-3)17(21-19(22)27)14-6-5-7-15(20)10-14/h5-7,10,12,17H,8-9,11H2,1-4H3,(H,21,27)/t12-,17-/m0/s1. The van der Waals surface area contributed by atoms with Crippen molar-refractivity contribution in [3.05, 3.63) is 46.9 Å². The number of hydrogen-bond acceptors (Lipinski definition) is 5. The van der Waals surface area contributed by atoms with Gasteiger partial charge in [-0.25, -0.2) is 9.18 Å². The lowest BCUT2D eigenvalue weighted by molar-refractivity contribution is -0.140. The number of thiocarbonyl (C=S) groups is 1. The van der Waals surface area contributed by atoms with Crippen LogP contribution in [0.4, 0.5) is 4.39 Å². The van der Waals surface area contributed by atoms with Gasteiger partial charge in [0.15, 0.2) is 5.11 Å². The number of nitrogens with zero attached hydrogens (tertiary/aromatic N) is 1. The van der Waals surface area contributed by atoms with E-state index in [1.807, 2.05) is 11.8 Å². The Morgan fingerprint density at radius 3 is 2.70 bits per heavy atom. The predicted molar refractivity (Wildman–Crippen MR) is 104 cm³/mol. The van der Waals surface area contributed by atoms with Crippen LogP contribution >= 0.6 is 12.2 Å². The van der Waals surface area contributed by atoms with Crippen LogP contribution in [0.15, 0.2) is 35.5 Å². The summed E-state index contributed by atoms with van der Waals surface area (Å²) in [5.41, 5.74) is 1.63. The molecule has 2 rings (SSSR count). The van der Waals surface area contributed by atoms with Gasteiger partial charge >= 0.3 is 5.97 Å². The molecule has 2 atom stereocenters. The summed E-state index contributed by atoms with van der Waals surface area (Å²) in [5.74, 6) is -0.886. The summed E-state index contributed by atoms with van der Waals surface area (Å²) in [6.45, 7) is 4.59. The molecule has 8 heteroatoms. The second kappa shape index (κ2) is 9.77. The van der Waals surface area contributed by atoms with E-state index in [0.29, 0.717) is 35.2 Å². The summed E-state index contributed by atoms with van der Waals surface area (Å²) >= 11 is 5.51. The topological polar surface area (TPSA) is 60.0 Å². The van der Waals surface area contributed by atoms with Crippen molar-refractivity contribution < 1.29 is 23.4 Å². The van der Waals surface area contributed by atoms with Gasteiger partial charge in [-0.1, -0.05) is 12.1 Å². The highest BCUT2D eigenvalue weighted by Gasteiger charge is 2.36. The molecular formula is C19H25FN2O4S. The van der Waals surface area contributed by atoms with Crippen LogP contribution in [-0.2, 0) is 19.0 Å². The largest absolute Gasteiger partial charge is 0.460 e. The molecule has 0 aromatic heterocycles. The maximum Gasteiger partial charge on any atom is 0.338 e. The van der Waals surface area contributed by atoms with Crippen LogP contribution in [0.25, 0.3) is 0 Å². The maximum absolute atomic E-state index is 13.8. The van der Waals surface area contributed by atoms with Crippen molar-refractivity contribution in [2.75, 3.05) is 34.0 Å². The van der Waals surface area contributed by atoms with Gasteiger partial charge in [0.05, 0.1) is 30.9 Å². The van der Waals surface area contributed by atoms with E-state index in [1.54, 1.807) is 26.2 Å². The minimum Gasteiger partial charge on any atom is -0.460 e. The average molecular weight is 396 g/mol. The minimum atomic E-state index is -0.603. The van der Waals surface area contributed by atoms with Crippen molar-refractivity contribution in [1.29, 1.82) is 0 Å². The average Bonchev–Trinajstić information content (AvgIpc) is 2.61. The van der Waals surface area contributed by atoms with Gasteiger partial charge in [-0.3, -0.25) is 0 Å². The molecule has 0 amide bonds. The number of nitrogens with one attached hydrogen (secondary N) is 1. The molecule has 1 aromatic rings. The van der Waals surface area contributed by atoms with Crippen LogP contribution in [0.3, 0.4) is 0 Å². The number of carbonyl (C=O) groups is 1. The number of benzene rings is 1. The van der Waals surface area contributed by atoms with E-state index in [2.05, 4.69) is 5.32 Å². The Bertz CT molecular complexity index is 725. The van der Waals surface area contributed by atoms with Gasteiger partial charge in [0.2, 0.25) is 0 Å². The van der Waals surface area contributed by atoms with E-state index in [-0.39, 0.29) is 18.5 Å². The van der Waals surface area contributed by atoms with Crippen molar-refractivity contribution >= 4 is 23.3 Å². The van der Waals surface area contributed by atoms with Crippen molar-refractivity contribution in [3.8, 4) is 0 Å². The zero-order valence-electron chi connectivity index (χ0n) is 16.0. The summed E-state index contributed by atoms with van der Waals surface area (Å²) in [4.78, 5) is 14.6. The van der Waals surface area contributed by atoms with Gasteiger partial charge in [-0.2, -0.15) is 0 Å². The summed E-state index contributed by atoms with van der Waals surface area (Å²) in [5, 5.41) is 3.59. The van der Waals surface area contributed by atoms with Gasteiger partial charge in [-0.05, 0) is 43.8 Å². The van der Waals surface area contributed by atoms with Crippen molar-refractivity contribution in [1.82, 2.24) is 10.2 Å². The van der Waals surface area contributed by atoms with E-state index in [9.17, 15) is 9.18 Å². The number of carbonyl (C=O) groups excluding carboxylic acids is 1. The third-order valence-corrected chi connectivity index (χ3v) is 4.61. The SMILES string of the molecule is COCCOC(=O)C1=C(C)N([C@@H](C)COC)C(=S)N[C@H]1c1cccc(F)c1. The Kier molecular flexibility index (Phi) is 7.70. The molecule has 0 saturated carbocycles. The van der Waals surface area contributed by atoms with Crippen molar-refractivity contribution in [2.45, 2.75) is 25.9 Å². The van der Waals surface area contributed by atoms with E-state index < -0.39 is 12.0 Å². The zero-order valence-corrected chi connectivity index (χ0v) is 16.8. The molecule has 1 aliphatic heterocycles. The number of rotatable bonds is 8. The predicted octanol–water partition coefficient (Wildman–Crippen LogP) is 2.56. The van der Waals surface area contributed by atoms with Gasteiger partial charge in [0.25, 0.3) is 0 Å². The third kappa shape index (κ3) is 5.03. The first kappa shape index (κ1) is 21.3. The van der Waals surface area contributed by atoms with Crippen LogP contribution in [-0.4, -0.2) is 56.1 Å². The van der Waals surface area contributed by atoms with Crippen LogP contribution in [0.5, 0.6) is 0 Å². The highest BCUT2D eigenvalue weighted by Crippen LogP contribution is 2.32. The molecule has 0 bridgehead atoms. The van der Waals surface area contributed by atoms with Gasteiger partial charge in [0, 0.05) is 19.9 Å². The van der Waals surface area contributed by atoms with Crippen molar-refractivity contribution in [2.24, 2.45) is 0 Å². The molecule has 1 heterocycles. The number of allylic oxidation sites excluding steroid dienone is 1. The number of halogens is 1. The maximum atomic E-state index is 13.8. The Hall–Kier alpha value is -2.03. The molecule has 1 aliphatic rings. The van der Waals surface area contributed by atoms with Gasteiger partial charge < -0.3 is 24.4 Å². The molecule has 27 heavy (non-hydrogen) atoms. The van der Waals surface area contributed by atoms with E-state index in [1.165, 1.54) is 19.2 Å². The Morgan fingerprint density at radius 2 is 2.07 bits per heavy atom. The Morgan fingerprint density at radius 1 is 1.33 bits per heavy atom. The number of hydrogen-bond donors (Lipinski definition) is 1. The third-order valence-electron chi connectivity index (χ3n) is 4.30. The molecule has 148 valence electrons. The smallest absolute Gasteiger partial charge is 0.338 e. The molecular weight excluding hydrogens is 371 g/mol. The number of esters is 1. The second-order valence-corrected chi connectivity index (χ2v) is 6.63. The van der Waals surface area contributed by atoms with Crippen LogP contribution in [0.2, 0.25) is 0 Å². The Balaban J connectivity index is 2.46. The summed E-state index contributed by atoms with van der Waals surface area (Å²) < 4.78 is 29.3. The summed E-state index contributed by atoms with van der Waals surface area (Å²) in [6.07, 6.45) is 0. The highest BCUT2D eigenvalue weighted by atomic mass is 32.1. The lowest BCUT2D eigenvalue weighted by Crippen LogP contribution is -2.52. The van der Waals surface area contributed by atoms with Gasteiger partial charge in [0.1, 0.15) is 12.4 Å². The van der Waals surface area contributed by atoms with Crippen LogP contribution in [0, 0.1) is 5.82 Å². The molecule has 6 nitrogen and oxygen atoms in total. The zero-order chi connectivity index (χ0) is 20.0. The monoisotopic (exact) mass is 396 g/mol. The van der Waals surface area contributed by atoms with Crippen LogP contribution in [0.1, 0.15) is 25.5 Å². The first-order valence-corrected chi connectivity index (χ1v) is 9.02. The first-order chi connectivity index (χ1) is 12.9. The number of methoxy groups -OCH3 is 2.